The van der Waals surface area contributed by atoms with Crippen LogP contribution in [0.25, 0.3) is 0 Å². The highest BCUT2D eigenvalue weighted by atomic mass is 16.4. The average Bonchev–Trinajstić information content (AvgIpc) is 3.81. The molecule has 0 aliphatic carbocycles. The number of carboxylic acids is 1. The number of nitrogens with zero attached hydrogens (tertiary/aromatic N) is 3. The largest absolute Gasteiger partial charge is 0.480 e. The van der Waals surface area contributed by atoms with E-state index >= 15 is 0 Å². The molecule has 1 aromatic rings. The summed E-state index contributed by atoms with van der Waals surface area (Å²) in [6, 6.07) is 3.71. The van der Waals surface area contributed by atoms with Crippen LogP contribution in [-0.2, 0) is 40.0 Å². The quantitative estimate of drug-likeness (QED) is 0.0446. The highest BCUT2D eigenvalue weighted by molar-refractivity contribution is 5.96. The highest BCUT2D eigenvalue weighted by Crippen LogP contribution is 2.19. The average molecular weight is 729 g/mol. The summed E-state index contributed by atoms with van der Waals surface area (Å²) < 4.78 is 0. The number of carbonyl (C=O) groups excluding carboxylic acids is 6. The first-order valence-corrected chi connectivity index (χ1v) is 17.5. The number of rotatable bonds is 18. The fourth-order valence-electron chi connectivity index (χ4n) is 6.32. The van der Waals surface area contributed by atoms with Crippen molar-refractivity contribution < 1.29 is 38.7 Å². The molecule has 0 aromatic heterocycles. The summed E-state index contributed by atoms with van der Waals surface area (Å²) >= 11 is 0. The third-order valence-corrected chi connectivity index (χ3v) is 9.06. The zero-order valence-electron chi connectivity index (χ0n) is 29.7. The van der Waals surface area contributed by atoms with Crippen LogP contribution in [-0.4, -0.2) is 125 Å². The molecule has 18 heteroatoms. The molecule has 11 N–H and O–H groups in total. The zero-order valence-corrected chi connectivity index (χ0v) is 29.7. The number of nitrogens with one attached hydrogen (secondary N) is 4. The van der Waals surface area contributed by atoms with Gasteiger partial charge >= 0.3 is 5.97 Å². The van der Waals surface area contributed by atoms with E-state index in [0.717, 1.165) is 5.56 Å². The van der Waals surface area contributed by atoms with Crippen LogP contribution in [0.3, 0.4) is 0 Å². The summed E-state index contributed by atoms with van der Waals surface area (Å²) in [7, 11) is 0. The van der Waals surface area contributed by atoms with Crippen LogP contribution in [0.5, 0.6) is 0 Å². The predicted octanol–water partition coefficient (Wildman–Crippen LogP) is -2.47. The molecule has 2 aliphatic heterocycles. The van der Waals surface area contributed by atoms with Crippen molar-refractivity contribution in [1.82, 2.24) is 31.1 Å². The van der Waals surface area contributed by atoms with E-state index < -0.39 is 78.2 Å². The molecule has 18 nitrogen and oxygen atoms in total. The van der Waals surface area contributed by atoms with E-state index in [-0.39, 0.29) is 50.8 Å². The molecule has 1 aromatic carbocycles. The van der Waals surface area contributed by atoms with Crippen LogP contribution >= 0.6 is 0 Å². The van der Waals surface area contributed by atoms with Gasteiger partial charge in [0.1, 0.15) is 30.2 Å². The topological polar surface area (TPSA) is 285 Å². The highest BCUT2D eigenvalue weighted by Gasteiger charge is 2.38. The molecule has 286 valence electrons. The number of aliphatic carboxylic acids is 1. The first kappa shape index (κ1) is 41.2. The maximum absolute atomic E-state index is 13.5. The Balaban J connectivity index is 1.65. The number of nitrogens with two attached hydrogens (primary N) is 3. The molecule has 0 radical (unpaired) electrons. The molecule has 0 unspecified atom stereocenters. The molecule has 3 rings (SSSR count). The maximum Gasteiger partial charge on any atom is 0.326 e. The van der Waals surface area contributed by atoms with Gasteiger partial charge in [-0.15, -0.1) is 0 Å². The second-order valence-electron chi connectivity index (χ2n) is 13.2. The van der Waals surface area contributed by atoms with Gasteiger partial charge in [-0.2, -0.15) is 0 Å². The number of hydrogen-bond acceptors (Lipinski definition) is 9. The van der Waals surface area contributed by atoms with Gasteiger partial charge in [0.2, 0.25) is 35.4 Å². The molecule has 6 amide bonds. The van der Waals surface area contributed by atoms with Crippen molar-refractivity contribution in [2.75, 3.05) is 32.7 Å². The summed E-state index contributed by atoms with van der Waals surface area (Å²) in [6.07, 6.45) is 2.26. The lowest BCUT2D eigenvalue weighted by atomic mass is 10.0. The van der Waals surface area contributed by atoms with Gasteiger partial charge < -0.3 is 53.4 Å². The number of carboxylic acid groups (broad SMARTS) is 1. The van der Waals surface area contributed by atoms with Crippen LogP contribution in [0.2, 0.25) is 0 Å². The number of hydrogen-bond donors (Lipinski definition) is 8. The third kappa shape index (κ3) is 11.9. The lowest BCUT2D eigenvalue weighted by molar-refractivity contribution is -0.144. The van der Waals surface area contributed by atoms with Crippen molar-refractivity contribution in [2.45, 2.75) is 89.0 Å². The summed E-state index contributed by atoms with van der Waals surface area (Å²) in [6.45, 7) is 3.46. The standard InChI is InChI=1S/C34H52N10O8/c1-20(2)28(42-31(49)25-13-7-15-43(25)26(45)18-35)32(50)40-22(11-6-14-38-34(36)37)29(47)39-19-27(46)44-16-8-12-24(44)30(48)41-23(33(51)52)17-21-9-4-3-5-10-21/h3-5,9-10,20,22-25,28H,6-8,11-19,35H2,1-2H3,(H,39,47)(H,40,50)(H,41,48)(H,42,49)(H,51,52)(H4,36,37,38)/t22-,23-,24-,25-,28-/m0/s1. The smallest absolute Gasteiger partial charge is 0.326 e. The van der Waals surface area contributed by atoms with Crippen LogP contribution in [0.15, 0.2) is 35.3 Å². The number of likely N-dealkylation sites (tertiary alicyclic amines) is 2. The molecule has 2 aliphatic rings. The lowest BCUT2D eigenvalue weighted by Crippen LogP contribution is -2.58. The van der Waals surface area contributed by atoms with Gasteiger partial charge in [-0.3, -0.25) is 33.8 Å². The van der Waals surface area contributed by atoms with Crippen LogP contribution in [0, 0.1) is 5.92 Å². The van der Waals surface area contributed by atoms with Gasteiger partial charge in [0, 0.05) is 26.1 Å². The lowest BCUT2D eigenvalue weighted by Gasteiger charge is -2.29. The van der Waals surface area contributed by atoms with Crippen LogP contribution in [0.1, 0.15) is 57.9 Å². The van der Waals surface area contributed by atoms with Crippen molar-refractivity contribution in [2.24, 2.45) is 28.1 Å². The SMILES string of the molecule is CC(C)[C@H](NC(=O)[C@@H]1CCCN1C(=O)CN)C(=O)N[C@@H](CCCN=C(N)N)C(=O)NCC(=O)N1CCC[C@H]1C(=O)N[C@@H](Cc1ccccc1)C(=O)O. The van der Waals surface area contributed by atoms with Gasteiger partial charge in [0.05, 0.1) is 13.1 Å². The van der Waals surface area contributed by atoms with E-state index in [1.165, 1.54) is 9.80 Å². The molecule has 52 heavy (non-hydrogen) atoms. The molecule has 2 saturated heterocycles. The normalized spacial score (nSPS) is 18.5. The van der Waals surface area contributed by atoms with Gasteiger partial charge in [-0.05, 0) is 50.0 Å². The predicted molar refractivity (Wildman–Crippen MR) is 190 cm³/mol. The van der Waals surface area contributed by atoms with Crippen molar-refractivity contribution in [1.29, 1.82) is 0 Å². The van der Waals surface area contributed by atoms with Crippen LogP contribution < -0.4 is 38.5 Å². The molecular weight excluding hydrogens is 676 g/mol. The van der Waals surface area contributed by atoms with Crippen molar-refractivity contribution in [3.8, 4) is 0 Å². The van der Waals surface area contributed by atoms with Crippen LogP contribution in [0.4, 0.5) is 0 Å². The first-order chi connectivity index (χ1) is 24.7. The Bertz CT molecular complexity index is 1470. The second-order valence-corrected chi connectivity index (χ2v) is 13.2. The van der Waals surface area contributed by atoms with Crippen molar-refractivity contribution >= 4 is 47.4 Å². The van der Waals surface area contributed by atoms with Gasteiger partial charge in [0.25, 0.3) is 0 Å². The fourth-order valence-corrected chi connectivity index (χ4v) is 6.32. The fraction of sp³-hybridized carbons (Fsp3) is 0.588. The van der Waals surface area contributed by atoms with Crippen molar-refractivity contribution in [3.05, 3.63) is 35.9 Å². The third-order valence-electron chi connectivity index (χ3n) is 9.06. The minimum atomic E-state index is -1.21. The molecule has 0 bridgehead atoms. The number of aliphatic imine (C=N–C) groups is 1. The Hall–Kier alpha value is -5.26. The van der Waals surface area contributed by atoms with E-state index in [1.807, 2.05) is 0 Å². The summed E-state index contributed by atoms with van der Waals surface area (Å²) in [5.74, 6) is -5.15. The Kier molecular flexibility index (Phi) is 15.8. The van der Waals surface area contributed by atoms with Gasteiger partial charge in [-0.1, -0.05) is 44.2 Å². The minimum Gasteiger partial charge on any atom is -0.480 e. The molecule has 0 spiro atoms. The summed E-state index contributed by atoms with van der Waals surface area (Å²) in [5, 5.41) is 20.2. The Morgan fingerprint density at radius 2 is 1.44 bits per heavy atom. The summed E-state index contributed by atoms with van der Waals surface area (Å²) in [4.78, 5) is 97.4. The molecule has 5 atom stereocenters. The van der Waals surface area contributed by atoms with Crippen molar-refractivity contribution in [3.63, 3.8) is 0 Å². The second kappa shape index (κ2) is 20.0. The monoisotopic (exact) mass is 728 g/mol. The molecule has 2 fully saturated rings. The Morgan fingerprint density at radius 3 is 2.00 bits per heavy atom. The maximum atomic E-state index is 13.5. The van der Waals surface area contributed by atoms with E-state index in [9.17, 15) is 38.7 Å². The minimum absolute atomic E-state index is 0.0588. The zero-order chi connectivity index (χ0) is 38.4. The van der Waals surface area contributed by atoms with E-state index in [0.29, 0.717) is 32.2 Å². The number of amides is 6. The Labute approximate surface area is 302 Å². The number of benzene rings is 1. The number of guanidine groups is 1. The summed E-state index contributed by atoms with van der Waals surface area (Å²) in [5.41, 5.74) is 17.1. The number of carbonyl (C=O) groups is 7. The Morgan fingerprint density at radius 1 is 0.846 bits per heavy atom. The molecule has 2 heterocycles. The van der Waals surface area contributed by atoms with E-state index in [2.05, 4.69) is 26.3 Å². The first-order valence-electron chi connectivity index (χ1n) is 17.5. The van der Waals surface area contributed by atoms with E-state index in [1.54, 1.807) is 44.2 Å². The van der Waals surface area contributed by atoms with Gasteiger partial charge in [0.15, 0.2) is 5.96 Å². The van der Waals surface area contributed by atoms with Gasteiger partial charge in [-0.25, -0.2) is 4.79 Å². The molecular formula is C34H52N10O8. The van der Waals surface area contributed by atoms with E-state index in [4.69, 9.17) is 17.2 Å². The molecule has 0 saturated carbocycles.